The van der Waals surface area contributed by atoms with E-state index in [1.54, 1.807) is 31.4 Å². The molecule has 2 atom stereocenters. The number of nitrogens with two attached hydrogens (primary N) is 1. The molecule has 0 aliphatic carbocycles. The van der Waals surface area contributed by atoms with Crippen molar-refractivity contribution < 1.29 is 14.3 Å². The van der Waals surface area contributed by atoms with Crippen molar-refractivity contribution in [1.29, 1.82) is 5.26 Å². The molecule has 23 heavy (non-hydrogen) atoms. The van der Waals surface area contributed by atoms with Gasteiger partial charge in [-0.3, -0.25) is 9.59 Å². The largest absolute Gasteiger partial charge is 0.497 e. The van der Waals surface area contributed by atoms with E-state index in [1.807, 2.05) is 23.6 Å². The molecule has 0 bridgehead atoms. The number of thiophene rings is 1. The summed E-state index contributed by atoms with van der Waals surface area (Å²) in [6.07, 6.45) is 0.0496. The van der Waals surface area contributed by atoms with E-state index in [1.165, 1.54) is 11.3 Å². The first-order chi connectivity index (χ1) is 11.1. The molecule has 1 aromatic carbocycles. The average molecular weight is 328 g/mol. The Kier molecular flexibility index (Phi) is 5.50. The number of nitrogens with zero attached hydrogens (tertiary/aromatic N) is 1. The van der Waals surface area contributed by atoms with Crippen molar-refractivity contribution in [2.75, 3.05) is 7.11 Å². The monoisotopic (exact) mass is 328 g/mol. The average Bonchev–Trinajstić information content (AvgIpc) is 3.08. The van der Waals surface area contributed by atoms with Crippen LogP contribution in [-0.4, -0.2) is 18.8 Å². The van der Waals surface area contributed by atoms with Gasteiger partial charge in [-0.2, -0.15) is 5.26 Å². The van der Waals surface area contributed by atoms with Crippen LogP contribution in [0, 0.1) is 17.2 Å². The van der Waals surface area contributed by atoms with E-state index in [2.05, 4.69) is 0 Å². The van der Waals surface area contributed by atoms with E-state index >= 15 is 0 Å². The summed E-state index contributed by atoms with van der Waals surface area (Å²) in [7, 11) is 1.55. The van der Waals surface area contributed by atoms with E-state index in [-0.39, 0.29) is 12.2 Å². The summed E-state index contributed by atoms with van der Waals surface area (Å²) < 4.78 is 5.06. The van der Waals surface area contributed by atoms with Crippen molar-refractivity contribution in [2.24, 2.45) is 11.7 Å². The van der Waals surface area contributed by atoms with Gasteiger partial charge in [0.05, 0.1) is 13.2 Å². The molecule has 0 spiro atoms. The maximum Gasteiger partial charge on any atom is 0.235 e. The summed E-state index contributed by atoms with van der Waals surface area (Å²) in [5, 5.41) is 11.1. The lowest BCUT2D eigenvalue weighted by Crippen LogP contribution is -2.28. The third-order valence-corrected chi connectivity index (χ3v) is 4.58. The van der Waals surface area contributed by atoms with Crippen molar-refractivity contribution in [3.05, 3.63) is 52.2 Å². The number of ketones is 1. The maximum atomic E-state index is 12.5. The van der Waals surface area contributed by atoms with Crippen LogP contribution in [0.4, 0.5) is 0 Å². The molecule has 0 aliphatic rings. The molecule has 1 aromatic heterocycles. The lowest BCUT2D eigenvalue weighted by molar-refractivity contribution is -0.120. The minimum atomic E-state index is -1.03. The number of carbonyl (C=O) groups is 2. The third-order valence-electron chi connectivity index (χ3n) is 3.57. The molecule has 0 saturated carbocycles. The van der Waals surface area contributed by atoms with Gasteiger partial charge < -0.3 is 10.5 Å². The van der Waals surface area contributed by atoms with E-state index in [9.17, 15) is 14.9 Å². The maximum absolute atomic E-state index is 12.5. The quantitative estimate of drug-likeness (QED) is 0.791. The molecule has 118 valence electrons. The standard InChI is InChI=1S/C17H16N2O3S/c1-22-12-6-4-11(5-7-12)15(20)9-13(14(10-18)17(19)21)16-3-2-8-23-16/h2-8,13-14H,9H2,1H3,(H2,19,21). The number of Topliss-reactive ketones (excluding diaryl/α,β-unsaturated/α-hetero) is 1. The summed E-state index contributed by atoms with van der Waals surface area (Å²) >= 11 is 1.40. The fourth-order valence-corrected chi connectivity index (χ4v) is 3.20. The number of methoxy groups -OCH3 is 1. The minimum absolute atomic E-state index is 0.0496. The minimum Gasteiger partial charge on any atom is -0.497 e. The Labute approximate surface area is 138 Å². The van der Waals surface area contributed by atoms with Crippen LogP contribution in [0.5, 0.6) is 5.75 Å². The summed E-state index contributed by atoms with van der Waals surface area (Å²) in [5.74, 6) is -1.77. The Morgan fingerprint density at radius 3 is 2.48 bits per heavy atom. The van der Waals surface area contributed by atoms with Crippen molar-refractivity contribution in [2.45, 2.75) is 12.3 Å². The number of rotatable bonds is 7. The molecule has 2 rings (SSSR count). The molecule has 1 heterocycles. The lowest BCUT2D eigenvalue weighted by atomic mass is 9.85. The Hall–Kier alpha value is -2.65. The highest BCUT2D eigenvalue weighted by molar-refractivity contribution is 7.10. The third kappa shape index (κ3) is 3.96. The van der Waals surface area contributed by atoms with Gasteiger partial charge in [-0.15, -0.1) is 11.3 Å². The second kappa shape index (κ2) is 7.56. The molecule has 1 amide bonds. The molecule has 2 aromatic rings. The Bertz CT molecular complexity index is 717. The van der Waals surface area contributed by atoms with E-state index in [0.717, 1.165) is 4.88 Å². The zero-order valence-electron chi connectivity index (χ0n) is 12.6. The van der Waals surface area contributed by atoms with Crippen molar-refractivity contribution >= 4 is 23.0 Å². The van der Waals surface area contributed by atoms with Gasteiger partial charge in [-0.25, -0.2) is 0 Å². The van der Waals surface area contributed by atoms with Crippen LogP contribution in [0.2, 0.25) is 0 Å². The fourth-order valence-electron chi connectivity index (χ4n) is 2.33. The van der Waals surface area contributed by atoms with Gasteiger partial charge in [0.25, 0.3) is 0 Å². The van der Waals surface area contributed by atoms with Gasteiger partial charge in [0.1, 0.15) is 11.7 Å². The van der Waals surface area contributed by atoms with Crippen LogP contribution in [0.3, 0.4) is 0 Å². The molecule has 2 unspecified atom stereocenters. The van der Waals surface area contributed by atoms with E-state index in [0.29, 0.717) is 11.3 Å². The smallest absolute Gasteiger partial charge is 0.235 e. The molecular formula is C17H16N2O3S. The highest BCUT2D eigenvalue weighted by Crippen LogP contribution is 2.32. The molecule has 6 heteroatoms. The lowest BCUT2D eigenvalue weighted by Gasteiger charge is -2.18. The van der Waals surface area contributed by atoms with Crippen LogP contribution in [0.25, 0.3) is 0 Å². The second-order valence-corrected chi connectivity index (χ2v) is 5.97. The highest BCUT2D eigenvalue weighted by atomic mass is 32.1. The van der Waals surface area contributed by atoms with Gasteiger partial charge in [0, 0.05) is 22.8 Å². The molecule has 5 nitrogen and oxygen atoms in total. The van der Waals surface area contributed by atoms with Gasteiger partial charge in [0.2, 0.25) is 5.91 Å². The predicted octanol–water partition coefficient (Wildman–Crippen LogP) is 2.74. The zero-order chi connectivity index (χ0) is 16.8. The fraction of sp³-hybridized carbons (Fsp3) is 0.235. The first-order valence-corrected chi connectivity index (χ1v) is 7.84. The topological polar surface area (TPSA) is 93.2 Å². The van der Waals surface area contributed by atoms with Crippen molar-refractivity contribution in [3.8, 4) is 11.8 Å². The van der Waals surface area contributed by atoms with Crippen molar-refractivity contribution in [1.82, 2.24) is 0 Å². The molecule has 0 aliphatic heterocycles. The zero-order valence-corrected chi connectivity index (χ0v) is 13.4. The SMILES string of the molecule is COc1ccc(C(=O)CC(c2cccs2)C(C#N)C(N)=O)cc1. The number of primary amides is 1. The van der Waals surface area contributed by atoms with Gasteiger partial charge >= 0.3 is 0 Å². The van der Waals surface area contributed by atoms with Crippen LogP contribution in [0.1, 0.15) is 27.6 Å². The van der Waals surface area contributed by atoms with Crippen molar-refractivity contribution in [3.63, 3.8) is 0 Å². The Morgan fingerprint density at radius 1 is 1.30 bits per heavy atom. The molecule has 0 saturated heterocycles. The number of ether oxygens (including phenoxy) is 1. The summed E-state index contributed by atoms with van der Waals surface area (Å²) in [6, 6.07) is 12.3. The molecule has 0 fully saturated rings. The van der Waals surface area contributed by atoms with Crippen LogP contribution < -0.4 is 10.5 Å². The van der Waals surface area contributed by atoms with Crippen LogP contribution in [0.15, 0.2) is 41.8 Å². The molecule has 0 radical (unpaired) electrons. The number of nitriles is 1. The summed E-state index contributed by atoms with van der Waals surface area (Å²) in [6.45, 7) is 0. The predicted molar refractivity (Wildman–Crippen MR) is 87.3 cm³/mol. The first-order valence-electron chi connectivity index (χ1n) is 6.96. The number of carbonyl (C=O) groups excluding carboxylic acids is 2. The Morgan fingerprint density at radius 2 is 2.00 bits per heavy atom. The molecule has 2 N–H and O–H groups in total. The number of hydrogen-bond acceptors (Lipinski definition) is 5. The summed E-state index contributed by atoms with van der Waals surface area (Å²) in [5.41, 5.74) is 5.83. The van der Waals surface area contributed by atoms with Gasteiger partial charge in [-0.05, 0) is 35.7 Å². The number of benzene rings is 1. The van der Waals surface area contributed by atoms with Crippen LogP contribution in [-0.2, 0) is 4.79 Å². The molecular weight excluding hydrogens is 312 g/mol. The highest BCUT2D eigenvalue weighted by Gasteiger charge is 2.31. The second-order valence-electron chi connectivity index (χ2n) is 4.99. The first kappa shape index (κ1) is 16.7. The van der Waals surface area contributed by atoms with Gasteiger partial charge in [0.15, 0.2) is 5.78 Å². The van der Waals surface area contributed by atoms with E-state index < -0.39 is 17.7 Å². The number of amides is 1. The normalized spacial score (nSPS) is 12.9. The van der Waals surface area contributed by atoms with Crippen LogP contribution >= 0.6 is 11.3 Å². The summed E-state index contributed by atoms with van der Waals surface area (Å²) in [4.78, 5) is 24.8. The number of hydrogen-bond donors (Lipinski definition) is 1. The Balaban J connectivity index is 2.25. The van der Waals surface area contributed by atoms with E-state index in [4.69, 9.17) is 10.5 Å². The van der Waals surface area contributed by atoms with Gasteiger partial charge in [-0.1, -0.05) is 6.07 Å².